The Bertz CT molecular complexity index is 1030. The minimum Gasteiger partial charge on any atom is -0.452 e. The van der Waals surface area contributed by atoms with Gasteiger partial charge in [-0.15, -0.1) is 0 Å². The standard InChI is InChI=1S/C23H29N3O4/c1-3-26-20-9-8-17(12-19(20)24-15(2)22(26)28)23(29)30-14-21(27)25-11-10-16-6-4-5-7-18(16)13-25/h8-9,12,16,18H,3-7,10-11,13-14H2,1-2H3/t16-,18-/m0/s1. The van der Waals surface area contributed by atoms with Gasteiger partial charge in [0.1, 0.15) is 5.69 Å². The fourth-order valence-corrected chi connectivity index (χ4v) is 4.94. The highest BCUT2D eigenvalue weighted by Gasteiger charge is 2.33. The van der Waals surface area contributed by atoms with Crippen LogP contribution in [0.25, 0.3) is 11.0 Å². The Balaban J connectivity index is 1.41. The summed E-state index contributed by atoms with van der Waals surface area (Å²) in [4.78, 5) is 43.5. The number of ether oxygens (including phenoxy) is 1. The van der Waals surface area contributed by atoms with Crippen molar-refractivity contribution in [1.29, 1.82) is 0 Å². The van der Waals surface area contributed by atoms with Crippen molar-refractivity contribution >= 4 is 22.9 Å². The van der Waals surface area contributed by atoms with Crippen molar-refractivity contribution in [2.24, 2.45) is 11.8 Å². The molecule has 1 aliphatic heterocycles. The first kappa shape index (κ1) is 20.6. The van der Waals surface area contributed by atoms with Crippen LogP contribution in [0.4, 0.5) is 0 Å². The molecule has 2 fully saturated rings. The van der Waals surface area contributed by atoms with E-state index >= 15 is 0 Å². The molecule has 1 aromatic heterocycles. The van der Waals surface area contributed by atoms with Gasteiger partial charge in [0.25, 0.3) is 11.5 Å². The number of carbonyl (C=O) groups is 2. The third-order valence-electron chi connectivity index (χ3n) is 6.63. The minimum atomic E-state index is -0.550. The molecule has 7 heteroatoms. The molecule has 1 amide bonds. The number of piperidine rings is 1. The summed E-state index contributed by atoms with van der Waals surface area (Å²) in [7, 11) is 0. The van der Waals surface area contributed by atoms with E-state index in [0.717, 1.165) is 25.4 Å². The van der Waals surface area contributed by atoms with Crippen LogP contribution >= 0.6 is 0 Å². The van der Waals surface area contributed by atoms with Gasteiger partial charge in [-0.3, -0.25) is 9.59 Å². The van der Waals surface area contributed by atoms with Crippen LogP contribution in [-0.2, 0) is 16.1 Å². The molecule has 0 spiro atoms. The summed E-state index contributed by atoms with van der Waals surface area (Å²) < 4.78 is 6.94. The zero-order valence-corrected chi connectivity index (χ0v) is 17.7. The Morgan fingerprint density at radius 1 is 1.17 bits per heavy atom. The normalized spacial score (nSPS) is 21.3. The Morgan fingerprint density at radius 2 is 1.93 bits per heavy atom. The summed E-state index contributed by atoms with van der Waals surface area (Å²) in [6.07, 6.45) is 6.09. The number of rotatable bonds is 4. The monoisotopic (exact) mass is 411 g/mol. The predicted molar refractivity (Wildman–Crippen MR) is 113 cm³/mol. The van der Waals surface area contributed by atoms with E-state index in [2.05, 4.69) is 4.98 Å². The van der Waals surface area contributed by atoms with Crippen LogP contribution in [0.5, 0.6) is 0 Å². The van der Waals surface area contributed by atoms with Crippen LogP contribution in [0.3, 0.4) is 0 Å². The van der Waals surface area contributed by atoms with E-state index < -0.39 is 5.97 Å². The predicted octanol–water partition coefficient (Wildman–Crippen LogP) is 2.92. The maximum Gasteiger partial charge on any atom is 0.338 e. The van der Waals surface area contributed by atoms with Crippen molar-refractivity contribution in [1.82, 2.24) is 14.5 Å². The number of aryl methyl sites for hydroxylation is 2. The van der Waals surface area contributed by atoms with Crippen molar-refractivity contribution in [3.63, 3.8) is 0 Å². The molecule has 1 aromatic carbocycles. The molecule has 2 atom stereocenters. The van der Waals surface area contributed by atoms with Crippen LogP contribution in [0, 0.1) is 18.8 Å². The van der Waals surface area contributed by atoms with E-state index in [1.54, 1.807) is 29.7 Å². The Hall–Kier alpha value is -2.70. The topological polar surface area (TPSA) is 81.5 Å². The van der Waals surface area contributed by atoms with Gasteiger partial charge < -0.3 is 14.2 Å². The van der Waals surface area contributed by atoms with Gasteiger partial charge in [-0.25, -0.2) is 9.78 Å². The second kappa shape index (κ2) is 8.58. The smallest absolute Gasteiger partial charge is 0.338 e. The first-order valence-electron chi connectivity index (χ1n) is 10.9. The van der Waals surface area contributed by atoms with Gasteiger partial charge in [-0.05, 0) is 56.7 Å². The van der Waals surface area contributed by atoms with Gasteiger partial charge in [-0.2, -0.15) is 0 Å². The van der Waals surface area contributed by atoms with E-state index in [0.29, 0.717) is 34.8 Å². The molecule has 0 radical (unpaired) electrons. The van der Waals surface area contributed by atoms with E-state index in [4.69, 9.17) is 4.74 Å². The molecule has 30 heavy (non-hydrogen) atoms. The molecule has 0 unspecified atom stereocenters. The van der Waals surface area contributed by atoms with E-state index in [9.17, 15) is 14.4 Å². The van der Waals surface area contributed by atoms with Crippen molar-refractivity contribution in [3.8, 4) is 0 Å². The third kappa shape index (κ3) is 3.98. The summed E-state index contributed by atoms with van der Waals surface area (Å²) >= 11 is 0. The van der Waals surface area contributed by atoms with Crippen molar-refractivity contribution in [3.05, 3.63) is 39.8 Å². The van der Waals surface area contributed by atoms with E-state index in [1.165, 1.54) is 25.7 Å². The molecular formula is C23H29N3O4. The first-order valence-corrected chi connectivity index (χ1v) is 10.9. The second-order valence-corrected chi connectivity index (χ2v) is 8.46. The minimum absolute atomic E-state index is 0.123. The Kier molecular flexibility index (Phi) is 5.88. The molecule has 0 bridgehead atoms. The van der Waals surface area contributed by atoms with Gasteiger partial charge >= 0.3 is 5.97 Å². The van der Waals surface area contributed by atoms with Gasteiger partial charge in [0.15, 0.2) is 6.61 Å². The number of hydrogen-bond donors (Lipinski definition) is 0. The average molecular weight is 412 g/mol. The van der Waals surface area contributed by atoms with Crippen LogP contribution in [0.2, 0.25) is 0 Å². The molecule has 2 aromatic rings. The van der Waals surface area contributed by atoms with E-state index in [1.807, 2.05) is 11.8 Å². The van der Waals surface area contributed by atoms with Gasteiger partial charge in [0.05, 0.1) is 16.6 Å². The van der Waals surface area contributed by atoms with Crippen LogP contribution in [0.1, 0.15) is 55.1 Å². The van der Waals surface area contributed by atoms with Crippen LogP contribution in [0.15, 0.2) is 23.0 Å². The number of hydrogen-bond acceptors (Lipinski definition) is 5. The maximum atomic E-state index is 12.6. The van der Waals surface area contributed by atoms with Gasteiger partial charge in [0, 0.05) is 19.6 Å². The Labute approximate surface area is 176 Å². The molecular weight excluding hydrogens is 382 g/mol. The molecule has 2 aliphatic rings. The molecule has 4 rings (SSSR count). The summed E-state index contributed by atoms with van der Waals surface area (Å²) in [5, 5.41) is 0. The largest absolute Gasteiger partial charge is 0.452 e. The summed E-state index contributed by atoms with van der Waals surface area (Å²) in [6.45, 7) is 5.38. The second-order valence-electron chi connectivity index (χ2n) is 8.46. The van der Waals surface area contributed by atoms with Crippen LogP contribution in [-0.4, -0.2) is 46.0 Å². The molecule has 1 aliphatic carbocycles. The molecule has 160 valence electrons. The number of esters is 1. The lowest BCUT2D eigenvalue weighted by Crippen LogP contribution is -2.46. The van der Waals surface area contributed by atoms with Crippen molar-refractivity contribution < 1.29 is 14.3 Å². The lowest BCUT2D eigenvalue weighted by Gasteiger charge is -2.41. The average Bonchev–Trinajstić information content (AvgIpc) is 2.77. The third-order valence-corrected chi connectivity index (χ3v) is 6.63. The van der Waals surface area contributed by atoms with Crippen molar-refractivity contribution in [2.45, 2.75) is 52.5 Å². The van der Waals surface area contributed by atoms with E-state index in [-0.39, 0.29) is 18.1 Å². The van der Waals surface area contributed by atoms with Crippen molar-refractivity contribution in [2.75, 3.05) is 19.7 Å². The zero-order valence-electron chi connectivity index (χ0n) is 17.7. The number of carbonyl (C=O) groups excluding carboxylic acids is 2. The van der Waals surface area contributed by atoms with Gasteiger partial charge in [-0.1, -0.05) is 19.3 Å². The highest BCUT2D eigenvalue weighted by molar-refractivity contribution is 5.94. The highest BCUT2D eigenvalue weighted by atomic mass is 16.5. The van der Waals surface area contributed by atoms with Gasteiger partial charge in [0.2, 0.25) is 0 Å². The molecule has 1 saturated carbocycles. The Morgan fingerprint density at radius 3 is 2.70 bits per heavy atom. The molecule has 1 saturated heterocycles. The lowest BCUT2D eigenvalue weighted by atomic mass is 9.75. The molecule has 0 N–H and O–H groups in total. The first-order chi connectivity index (χ1) is 14.5. The summed E-state index contributed by atoms with van der Waals surface area (Å²) in [5.41, 5.74) is 1.82. The quantitative estimate of drug-likeness (QED) is 0.723. The SMILES string of the molecule is CCn1c(=O)c(C)nc2cc(C(=O)OCC(=O)N3CC[C@@H]4CCCC[C@H]4C3)ccc21. The molecule has 2 heterocycles. The summed E-state index contributed by atoms with van der Waals surface area (Å²) in [5.74, 6) is 0.672. The number of amides is 1. The number of aromatic nitrogens is 2. The lowest BCUT2D eigenvalue weighted by molar-refractivity contribution is -0.137. The maximum absolute atomic E-state index is 12.6. The highest BCUT2D eigenvalue weighted by Crippen LogP contribution is 2.36. The zero-order chi connectivity index (χ0) is 21.3. The number of benzene rings is 1. The van der Waals surface area contributed by atoms with Crippen LogP contribution < -0.4 is 5.56 Å². The number of fused-ring (bicyclic) bond motifs is 2. The number of nitrogens with zero attached hydrogens (tertiary/aromatic N) is 3. The fourth-order valence-electron chi connectivity index (χ4n) is 4.94. The molecule has 7 nitrogen and oxygen atoms in total. The number of likely N-dealkylation sites (tertiary alicyclic amines) is 1. The summed E-state index contributed by atoms with van der Waals surface area (Å²) in [6, 6.07) is 4.94. The fraction of sp³-hybridized carbons (Fsp3) is 0.565.